The number of cyclic esters (lactones) is 1. The van der Waals surface area contributed by atoms with Gasteiger partial charge in [0.05, 0.1) is 12.0 Å². The van der Waals surface area contributed by atoms with Gasteiger partial charge in [0.2, 0.25) is 0 Å². The van der Waals surface area contributed by atoms with Crippen LogP contribution in [0.5, 0.6) is 17.2 Å². The third kappa shape index (κ3) is 4.85. The Bertz CT molecular complexity index is 1060. The van der Waals surface area contributed by atoms with E-state index in [4.69, 9.17) is 9.47 Å². The number of allylic oxidation sites excluding steroid dienone is 3. The molecule has 0 amide bonds. The van der Waals surface area contributed by atoms with E-state index < -0.39 is 35.1 Å². The van der Waals surface area contributed by atoms with Crippen LogP contribution in [0.4, 0.5) is 0 Å². The van der Waals surface area contributed by atoms with E-state index in [1.807, 2.05) is 27.7 Å². The summed E-state index contributed by atoms with van der Waals surface area (Å²) in [5, 5.41) is 32.8. The minimum Gasteiger partial charge on any atom is -0.507 e. The second kappa shape index (κ2) is 9.82. The normalized spacial score (nSPS) is 24.3. The summed E-state index contributed by atoms with van der Waals surface area (Å²) in [6.07, 6.45) is 4.04. The number of phenols is 2. The maximum Gasteiger partial charge on any atom is 0.317 e. The average molecular weight is 473 g/mol. The predicted molar refractivity (Wildman–Crippen MR) is 128 cm³/mol. The van der Waals surface area contributed by atoms with E-state index >= 15 is 0 Å². The Hall–Kier alpha value is -2.80. The van der Waals surface area contributed by atoms with Crippen LogP contribution in [0.15, 0.2) is 23.0 Å². The van der Waals surface area contributed by atoms with Gasteiger partial charge >= 0.3 is 5.97 Å². The summed E-state index contributed by atoms with van der Waals surface area (Å²) in [7, 11) is 0. The van der Waals surface area contributed by atoms with Crippen molar-refractivity contribution in [2.24, 2.45) is 5.92 Å². The lowest BCUT2D eigenvalue weighted by Crippen LogP contribution is -2.39. The van der Waals surface area contributed by atoms with E-state index in [0.717, 1.165) is 12.8 Å². The number of aliphatic hydroxyl groups is 1. The number of aliphatic hydroxyl groups excluding tert-OH is 1. The van der Waals surface area contributed by atoms with Crippen molar-refractivity contribution in [3.8, 4) is 17.2 Å². The molecule has 0 radical (unpaired) electrons. The van der Waals surface area contributed by atoms with Crippen LogP contribution in [0.2, 0.25) is 0 Å². The van der Waals surface area contributed by atoms with Gasteiger partial charge in [-0.05, 0) is 72.3 Å². The SMILES string of the molecule is CCC1=C(C)C(O)C(Cc2c(O)c(C(C)=O)c(O)c3c2OC(C)(CCC=C(C)C)CC3)C(=O)O1. The number of rotatable bonds is 7. The molecule has 7 heteroatoms. The molecule has 0 aromatic heterocycles. The molecule has 2 heterocycles. The monoisotopic (exact) mass is 472 g/mol. The van der Waals surface area contributed by atoms with E-state index in [1.165, 1.54) is 12.5 Å². The summed E-state index contributed by atoms with van der Waals surface area (Å²) < 4.78 is 11.8. The summed E-state index contributed by atoms with van der Waals surface area (Å²) in [5.41, 5.74) is 1.71. The number of carbonyl (C=O) groups excluding carboxylic acids is 2. The molecule has 3 atom stereocenters. The first kappa shape index (κ1) is 25.8. The molecule has 3 N–H and O–H groups in total. The Labute approximate surface area is 201 Å². The fraction of sp³-hybridized carbons (Fsp3) is 0.556. The first-order valence-corrected chi connectivity index (χ1v) is 11.9. The molecule has 1 aromatic carbocycles. The van der Waals surface area contributed by atoms with E-state index in [2.05, 4.69) is 6.08 Å². The van der Waals surface area contributed by atoms with Crippen LogP contribution in [0.3, 0.4) is 0 Å². The lowest BCUT2D eigenvalue weighted by atomic mass is 9.82. The third-order valence-corrected chi connectivity index (χ3v) is 6.96. The second-order valence-electron chi connectivity index (χ2n) is 9.92. The number of hydrogen-bond donors (Lipinski definition) is 3. The summed E-state index contributed by atoms with van der Waals surface area (Å²) in [5.74, 6) is -2.04. The molecule has 0 fully saturated rings. The van der Waals surface area contributed by atoms with Crippen molar-refractivity contribution in [2.45, 2.75) is 91.8 Å². The van der Waals surface area contributed by atoms with E-state index in [-0.39, 0.29) is 29.0 Å². The molecule has 3 rings (SSSR count). The van der Waals surface area contributed by atoms with E-state index in [9.17, 15) is 24.9 Å². The van der Waals surface area contributed by atoms with Gasteiger partial charge in [0.25, 0.3) is 0 Å². The quantitative estimate of drug-likeness (QED) is 0.294. The van der Waals surface area contributed by atoms with Gasteiger partial charge in [-0.3, -0.25) is 9.59 Å². The fourth-order valence-corrected chi connectivity index (χ4v) is 4.86. The van der Waals surface area contributed by atoms with Crippen molar-refractivity contribution in [3.05, 3.63) is 39.7 Å². The predicted octanol–water partition coefficient (Wildman–Crippen LogP) is 4.89. The molecule has 0 saturated carbocycles. The molecule has 0 saturated heterocycles. The number of aromatic hydroxyl groups is 2. The molecule has 0 aliphatic carbocycles. The number of hydrogen-bond acceptors (Lipinski definition) is 7. The van der Waals surface area contributed by atoms with Crippen LogP contribution >= 0.6 is 0 Å². The van der Waals surface area contributed by atoms with Crippen LogP contribution in [0, 0.1) is 5.92 Å². The van der Waals surface area contributed by atoms with Gasteiger partial charge in [-0.1, -0.05) is 18.6 Å². The fourth-order valence-electron chi connectivity index (χ4n) is 4.86. The lowest BCUT2D eigenvalue weighted by molar-refractivity contribution is -0.150. The van der Waals surface area contributed by atoms with Crippen LogP contribution in [-0.4, -0.2) is 38.8 Å². The molecule has 34 heavy (non-hydrogen) atoms. The van der Waals surface area contributed by atoms with E-state index in [1.54, 1.807) is 6.92 Å². The Morgan fingerprint density at radius 1 is 1.21 bits per heavy atom. The number of phenolic OH excluding ortho intramolecular Hbond substituents is 2. The second-order valence-corrected chi connectivity index (χ2v) is 9.92. The molecule has 0 spiro atoms. The molecular weight excluding hydrogens is 436 g/mol. The number of benzene rings is 1. The van der Waals surface area contributed by atoms with Gasteiger partial charge in [0, 0.05) is 17.5 Å². The first-order valence-electron chi connectivity index (χ1n) is 11.9. The number of esters is 1. The maximum atomic E-state index is 12.8. The molecule has 0 bridgehead atoms. The van der Waals surface area contributed by atoms with Crippen molar-refractivity contribution in [1.82, 2.24) is 0 Å². The van der Waals surface area contributed by atoms with Crippen molar-refractivity contribution in [2.75, 3.05) is 0 Å². The molecule has 2 aliphatic rings. The first-order chi connectivity index (χ1) is 15.9. The topological polar surface area (TPSA) is 113 Å². The highest BCUT2D eigenvalue weighted by Gasteiger charge is 2.41. The number of carbonyl (C=O) groups is 2. The van der Waals surface area contributed by atoms with Gasteiger partial charge in [-0.25, -0.2) is 0 Å². The number of fused-ring (bicyclic) bond motifs is 1. The highest BCUT2D eigenvalue weighted by molar-refractivity contribution is 6.01. The lowest BCUT2D eigenvalue weighted by Gasteiger charge is -2.38. The minimum atomic E-state index is -1.09. The summed E-state index contributed by atoms with van der Waals surface area (Å²) >= 11 is 0. The van der Waals surface area contributed by atoms with Gasteiger partial charge in [0.1, 0.15) is 34.2 Å². The molecule has 2 aliphatic heterocycles. The molecule has 7 nitrogen and oxygen atoms in total. The Balaban J connectivity index is 2.08. The van der Waals surface area contributed by atoms with E-state index in [0.29, 0.717) is 36.2 Å². The zero-order valence-electron chi connectivity index (χ0n) is 20.9. The van der Waals surface area contributed by atoms with Crippen LogP contribution < -0.4 is 4.74 Å². The Morgan fingerprint density at radius 3 is 2.47 bits per heavy atom. The zero-order chi connectivity index (χ0) is 25.4. The molecule has 186 valence electrons. The van der Waals surface area contributed by atoms with Crippen molar-refractivity contribution < 1.29 is 34.4 Å². The van der Waals surface area contributed by atoms with Gasteiger partial charge in [-0.15, -0.1) is 0 Å². The average Bonchev–Trinajstić information content (AvgIpc) is 2.75. The van der Waals surface area contributed by atoms with Gasteiger partial charge in [-0.2, -0.15) is 0 Å². The Kier molecular flexibility index (Phi) is 7.46. The smallest absolute Gasteiger partial charge is 0.317 e. The number of ketones is 1. The number of Topliss-reactive ketones (excluding diaryl/α,β-unsaturated/α-hetero) is 1. The van der Waals surface area contributed by atoms with Gasteiger partial charge < -0.3 is 24.8 Å². The molecule has 1 aromatic rings. The number of ether oxygens (including phenoxy) is 2. The van der Waals surface area contributed by atoms with Gasteiger partial charge in [0.15, 0.2) is 5.78 Å². The third-order valence-electron chi connectivity index (χ3n) is 6.96. The highest BCUT2D eigenvalue weighted by atomic mass is 16.5. The standard InChI is InChI=1S/C27H36O7/c1-7-20-15(4)22(29)19(26(32)33-20)13-18-24(31)21(16(5)28)23(30)17-10-12-27(6,34-25(17)18)11-8-9-14(2)3/h9,19,22,29-31H,7-8,10-13H2,1-6H3. The molecular formula is C27H36O7. The minimum absolute atomic E-state index is 0.0902. The van der Waals surface area contributed by atoms with Crippen LogP contribution in [0.1, 0.15) is 88.7 Å². The highest BCUT2D eigenvalue weighted by Crippen LogP contribution is 2.49. The van der Waals surface area contributed by atoms with Crippen molar-refractivity contribution in [1.29, 1.82) is 0 Å². The largest absolute Gasteiger partial charge is 0.507 e. The summed E-state index contributed by atoms with van der Waals surface area (Å²) in [4.78, 5) is 25.1. The Morgan fingerprint density at radius 2 is 1.88 bits per heavy atom. The van der Waals surface area contributed by atoms with Crippen LogP contribution in [0.25, 0.3) is 0 Å². The molecule has 3 unspecified atom stereocenters. The van der Waals surface area contributed by atoms with Crippen molar-refractivity contribution >= 4 is 11.8 Å². The summed E-state index contributed by atoms with van der Waals surface area (Å²) in [6, 6.07) is 0. The zero-order valence-corrected chi connectivity index (χ0v) is 20.9. The van der Waals surface area contributed by atoms with Crippen LogP contribution in [-0.2, 0) is 22.4 Å². The maximum absolute atomic E-state index is 12.8. The summed E-state index contributed by atoms with van der Waals surface area (Å²) in [6.45, 7) is 10.9. The van der Waals surface area contributed by atoms with Crippen molar-refractivity contribution in [3.63, 3.8) is 0 Å².